The second-order valence-electron chi connectivity index (χ2n) is 6.24. The minimum atomic E-state index is -4.41. The van der Waals surface area contributed by atoms with Crippen LogP contribution in [-0.2, 0) is 6.18 Å². The van der Waals surface area contributed by atoms with Gasteiger partial charge in [0.05, 0.1) is 5.56 Å². The molecule has 0 saturated carbocycles. The molecule has 3 aromatic carbocycles. The van der Waals surface area contributed by atoms with Crippen molar-refractivity contribution in [1.82, 2.24) is 10.1 Å². The lowest BCUT2D eigenvalue weighted by molar-refractivity contribution is -0.137. The van der Waals surface area contributed by atoms with Gasteiger partial charge in [-0.15, -0.1) is 0 Å². The number of nitrogens with zero attached hydrogens (tertiary/aromatic N) is 2. The summed E-state index contributed by atoms with van der Waals surface area (Å²) >= 11 is 0. The molecule has 0 atom stereocenters. The van der Waals surface area contributed by atoms with Gasteiger partial charge >= 0.3 is 6.18 Å². The minimum absolute atomic E-state index is 0.0778. The molecule has 1 aromatic heterocycles. The lowest BCUT2D eigenvalue weighted by Gasteiger charge is -2.09. The van der Waals surface area contributed by atoms with Gasteiger partial charge in [-0.2, -0.15) is 18.2 Å². The molecule has 0 aliphatic carbocycles. The highest BCUT2D eigenvalue weighted by Crippen LogP contribution is 2.32. The van der Waals surface area contributed by atoms with Gasteiger partial charge in [0.2, 0.25) is 5.82 Å². The number of aromatic nitrogens is 2. The standard InChI is InChI=1S/C21H12F4N2O3/c22-17-11-13(3-10-18(17)28)20-26-19(27-30-20)12-1-6-15(7-2-12)29-16-8-4-14(5-9-16)21(23,24)25/h1-11,28H. The summed E-state index contributed by atoms with van der Waals surface area (Å²) in [5.74, 6) is -0.303. The fourth-order valence-electron chi connectivity index (χ4n) is 2.62. The van der Waals surface area contributed by atoms with Gasteiger partial charge < -0.3 is 14.4 Å². The summed E-state index contributed by atoms with van der Waals surface area (Å²) in [5.41, 5.74) is 0.141. The maximum absolute atomic E-state index is 13.5. The first kappa shape index (κ1) is 19.4. The molecule has 30 heavy (non-hydrogen) atoms. The van der Waals surface area contributed by atoms with E-state index < -0.39 is 23.3 Å². The summed E-state index contributed by atoms with van der Waals surface area (Å²) in [6.07, 6.45) is -4.41. The summed E-state index contributed by atoms with van der Waals surface area (Å²) in [4.78, 5) is 4.19. The Bertz CT molecular complexity index is 1170. The molecule has 4 rings (SSSR count). The van der Waals surface area contributed by atoms with Gasteiger partial charge in [0, 0.05) is 11.1 Å². The van der Waals surface area contributed by atoms with E-state index in [1.165, 1.54) is 24.3 Å². The maximum atomic E-state index is 13.5. The molecule has 0 aliphatic rings. The third-order valence-electron chi connectivity index (χ3n) is 4.15. The van der Waals surface area contributed by atoms with Crippen molar-refractivity contribution < 1.29 is 31.9 Å². The third-order valence-corrected chi connectivity index (χ3v) is 4.15. The number of aromatic hydroxyl groups is 1. The number of ether oxygens (including phenoxy) is 1. The number of halogens is 4. The third kappa shape index (κ3) is 4.09. The molecule has 0 fully saturated rings. The second kappa shape index (κ2) is 7.51. The number of phenolic OH excluding ortho intramolecular Hbond substituents is 1. The summed E-state index contributed by atoms with van der Waals surface area (Å²) in [5, 5.41) is 13.1. The molecule has 0 bridgehead atoms. The molecule has 1 N–H and O–H groups in total. The van der Waals surface area contributed by atoms with Gasteiger partial charge in [0.15, 0.2) is 11.6 Å². The van der Waals surface area contributed by atoms with E-state index in [0.29, 0.717) is 16.9 Å². The topological polar surface area (TPSA) is 68.4 Å². The molecular weight excluding hydrogens is 404 g/mol. The van der Waals surface area contributed by atoms with E-state index in [0.717, 1.165) is 18.2 Å². The summed E-state index contributed by atoms with van der Waals surface area (Å²) in [6, 6.07) is 14.5. The van der Waals surface area contributed by atoms with Crippen LogP contribution in [0.25, 0.3) is 22.8 Å². The Morgan fingerprint density at radius 1 is 0.833 bits per heavy atom. The van der Waals surface area contributed by atoms with Crippen LogP contribution in [0.2, 0.25) is 0 Å². The zero-order valence-corrected chi connectivity index (χ0v) is 15.0. The summed E-state index contributed by atoms with van der Waals surface area (Å²) < 4.78 is 62.0. The highest BCUT2D eigenvalue weighted by Gasteiger charge is 2.30. The smallest absolute Gasteiger partial charge is 0.416 e. The van der Waals surface area contributed by atoms with E-state index >= 15 is 0 Å². The predicted molar refractivity (Wildman–Crippen MR) is 98.3 cm³/mol. The van der Waals surface area contributed by atoms with E-state index in [-0.39, 0.29) is 17.5 Å². The molecule has 1 heterocycles. The number of hydrogen-bond donors (Lipinski definition) is 1. The van der Waals surface area contributed by atoms with Crippen LogP contribution >= 0.6 is 0 Å². The first-order valence-corrected chi connectivity index (χ1v) is 8.58. The lowest BCUT2D eigenvalue weighted by atomic mass is 10.2. The van der Waals surface area contributed by atoms with Crippen LogP contribution in [0.5, 0.6) is 17.2 Å². The van der Waals surface area contributed by atoms with Crippen LogP contribution < -0.4 is 4.74 Å². The Hall–Kier alpha value is -3.88. The van der Waals surface area contributed by atoms with Crippen molar-refractivity contribution in [2.75, 3.05) is 0 Å². The van der Waals surface area contributed by atoms with Gasteiger partial charge in [0.1, 0.15) is 11.5 Å². The van der Waals surface area contributed by atoms with Crippen LogP contribution in [-0.4, -0.2) is 15.2 Å². The van der Waals surface area contributed by atoms with Crippen LogP contribution in [0.4, 0.5) is 17.6 Å². The molecule has 5 nitrogen and oxygen atoms in total. The van der Waals surface area contributed by atoms with Gasteiger partial charge in [0.25, 0.3) is 5.89 Å². The van der Waals surface area contributed by atoms with Crippen molar-refractivity contribution in [2.45, 2.75) is 6.18 Å². The fourth-order valence-corrected chi connectivity index (χ4v) is 2.62. The van der Waals surface area contributed by atoms with Crippen molar-refractivity contribution in [3.8, 4) is 40.1 Å². The normalized spacial score (nSPS) is 11.5. The Balaban J connectivity index is 1.49. The lowest BCUT2D eigenvalue weighted by Crippen LogP contribution is -2.03. The number of alkyl halides is 3. The molecule has 4 aromatic rings. The molecule has 9 heteroatoms. The van der Waals surface area contributed by atoms with Crippen molar-refractivity contribution in [1.29, 1.82) is 0 Å². The SMILES string of the molecule is Oc1ccc(-c2nc(-c3ccc(Oc4ccc(C(F)(F)F)cc4)cc3)no2)cc1F. The minimum Gasteiger partial charge on any atom is -0.505 e. The number of hydrogen-bond acceptors (Lipinski definition) is 5. The van der Waals surface area contributed by atoms with Crippen molar-refractivity contribution >= 4 is 0 Å². The van der Waals surface area contributed by atoms with Gasteiger partial charge in [-0.3, -0.25) is 0 Å². The molecule has 0 aliphatic heterocycles. The van der Waals surface area contributed by atoms with Crippen LogP contribution in [0.3, 0.4) is 0 Å². The largest absolute Gasteiger partial charge is 0.505 e. The summed E-state index contributed by atoms with van der Waals surface area (Å²) in [7, 11) is 0. The van der Waals surface area contributed by atoms with E-state index in [1.807, 2.05) is 0 Å². The molecule has 0 saturated heterocycles. The molecular formula is C21H12F4N2O3. The Labute approximate surface area is 167 Å². The first-order valence-electron chi connectivity index (χ1n) is 8.58. The van der Waals surface area contributed by atoms with E-state index in [2.05, 4.69) is 10.1 Å². The maximum Gasteiger partial charge on any atom is 0.416 e. The zero-order valence-electron chi connectivity index (χ0n) is 15.0. The van der Waals surface area contributed by atoms with Crippen molar-refractivity contribution in [2.24, 2.45) is 0 Å². The average Bonchev–Trinajstić information content (AvgIpc) is 3.21. The van der Waals surface area contributed by atoms with E-state index in [9.17, 15) is 22.7 Å². The predicted octanol–water partition coefficient (Wildman–Crippen LogP) is 6.06. The van der Waals surface area contributed by atoms with Crippen molar-refractivity contribution in [3.63, 3.8) is 0 Å². The molecule has 152 valence electrons. The Morgan fingerprint density at radius 2 is 1.43 bits per heavy atom. The average molecular weight is 416 g/mol. The molecule has 0 amide bonds. The van der Waals surface area contributed by atoms with E-state index in [1.54, 1.807) is 24.3 Å². The quantitative estimate of drug-likeness (QED) is 0.410. The highest BCUT2D eigenvalue weighted by atomic mass is 19.4. The molecule has 0 radical (unpaired) electrons. The molecule has 0 unspecified atom stereocenters. The summed E-state index contributed by atoms with van der Waals surface area (Å²) in [6.45, 7) is 0. The number of phenols is 1. The van der Waals surface area contributed by atoms with Gasteiger partial charge in [-0.1, -0.05) is 5.16 Å². The molecule has 0 spiro atoms. The van der Waals surface area contributed by atoms with Gasteiger partial charge in [-0.25, -0.2) is 4.39 Å². The van der Waals surface area contributed by atoms with E-state index in [4.69, 9.17) is 9.26 Å². The van der Waals surface area contributed by atoms with Gasteiger partial charge in [-0.05, 0) is 66.7 Å². The number of rotatable bonds is 4. The van der Waals surface area contributed by atoms with Crippen LogP contribution in [0.1, 0.15) is 5.56 Å². The monoisotopic (exact) mass is 416 g/mol. The number of benzene rings is 3. The fraction of sp³-hybridized carbons (Fsp3) is 0.0476. The Kier molecular flexibility index (Phi) is 4.86. The van der Waals surface area contributed by atoms with Crippen molar-refractivity contribution in [3.05, 3.63) is 78.1 Å². The Morgan fingerprint density at radius 3 is 2.03 bits per heavy atom. The second-order valence-corrected chi connectivity index (χ2v) is 6.24. The zero-order chi connectivity index (χ0) is 21.3. The first-order chi connectivity index (χ1) is 14.3. The van der Waals surface area contributed by atoms with Crippen LogP contribution in [0.15, 0.2) is 71.3 Å². The highest BCUT2D eigenvalue weighted by molar-refractivity contribution is 5.61. The van der Waals surface area contributed by atoms with Crippen LogP contribution in [0, 0.1) is 5.82 Å².